The Hall–Kier alpha value is 0.593. The topological polar surface area (TPSA) is 29.5 Å². The first-order valence-electron chi connectivity index (χ1n) is 5.01. The Balaban J connectivity index is 0. The van der Waals surface area contributed by atoms with Gasteiger partial charge in [-0.2, -0.15) is 3.71 Å². The van der Waals surface area contributed by atoms with Gasteiger partial charge < -0.3 is 4.74 Å². The van der Waals surface area contributed by atoms with Gasteiger partial charge in [-0.1, -0.05) is 26.7 Å². The molecule has 0 aromatic rings. The zero-order chi connectivity index (χ0) is 10.8. The summed E-state index contributed by atoms with van der Waals surface area (Å²) in [5, 5.41) is 0. The van der Waals surface area contributed by atoms with E-state index >= 15 is 0 Å². The molecule has 0 N–H and O–H groups in total. The Morgan fingerprint density at radius 1 is 1.33 bits per heavy atom. The molecular weight excluding hydrogens is 284 g/mol. The predicted molar refractivity (Wildman–Crippen MR) is 64.4 cm³/mol. The standard InChI is InChI=1S/C9H19NO2S2.Zn/c1-3-5-7-12-9(11)10(13)14-8-6-4-2;/h13H,3-8H2,1-2H3;. The van der Waals surface area contributed by atoms with Crippen LogP contribution in [0.5, 0.6) is 0 Å². The van der Waals surface area contributed by atoms with Crippen molar-refractivity contribution < 1.29 is 29.0 Å². The molecule has 0 bridgehead atoms. The van der Waals surface area contributed by atoms with Crippen molar-refractivity contribution in [3.8, 4) is 0 Å². The molecule has 0 aromatic heterocycles. The molecule has 3 nitrogen and oxygen atoms in total. The number of nitrogens with zero attached hydrogens (tertiary/aromatic N) is 1. The second kappa shape index (κ2) is 12.7. The maximum absolute atomic E-state index is 11.2. The molecule has 0 atom stereocenters. The van der Waals surface area contributed by atoms with Gasteiger partial charge in [-0.05, 0) is 37.6 Å². The molecule has 0 aliphatic rings. The monoisotopic (exact) mass is 301 g/mol. The Morgan fingerprint density at radius 3 is 2.47 bits per heavy atom. The Morgan fingerprint density at radius 2 is 1.93 bits per heavy atom. The minimum Gasteiger partial charge on any atom is -0.448 e. The van der Waals surface area contributed by atoms with Gasteiger partial charge in [0.05, 0.1) is 6.61 Å². The molecule has 0 rings (SSSR count). The second-order valence-electron chi connectivity index (χ2n) is 2.93. The van der Waals surface area contributed by atoms with E-state index in [0.717, 1.165) is 31.4 Å². The normalized spacial score (nSPS) is 9.27. The van der Waals surface area contributed by atoms with Gasteiger partial charge in [0.2, 0.25) is 0 Å². The van der Waals surface area contributed by atoms with Crippen molar-refractivity contribution in [3.05, 3.63) is 0 Å². The van der Waals surface area contributed by atoms with Gasteiger partial charge in [0.1, 0.15) is 0 Å². The first kappa shape index (κ1) is 18.0. The van der Waals surface area contributed by atoms with Crippen LogP contribution in [-0.2, 0) is 24.2 Å². The molecule has 0 unspecified atom stereocenters. The van der Waals surface area contributed by atoms with E-state index in [1.165, 1.54) is 15.7 Å². The Bertz CT molecular complexity index is 161. The summed E-state index contributed by atoms with van der Waals surface area (Å²) in [6.45, 7) is 4.66. The molecule has 0 saturated carbocycles. The van der Waals surface area contributed by atoms with E-state index in [0.29, 0.717) is 6.61 Å². The minimum atomic E-state index is -0.358. The van der Waals surface area contributed by atoms with Gasteiger partial charge in [-0.25, -0.2) is 4.79 Å². The van der Waals surface area contributed by atoms with Crippen LogP contribution in [0.4, 0.5) is 4.79 Å². The van der Waals surface area contributed by atoms with Gasteiger partial charge in [-0.3, -0.25) is 0 Å². The number of thiol groups is 1. The summed E-state index contributed by atoms with van der Waals surface area (Å²) in [5.41, 5.74) is 0. The summed E-state index contributed by atoms with van der Waals surface area (Å²) >= 11 is 5.41. The zero-order valence-corrected chi connectivity index (χ0v) is 14.2. The molecule has 0 aliphatic carbocycles. The Labute approximate surface area is 115 Å². The molecule has 0 aliphatic heterocycles. The van der Waals surface area contributed by atoms with Crippen LogP contribution in [0.1, 0.15) is 39.5 Å². The van der Waals surface area contributed by atoms with E-state index in [9.17, 15) is 4.79 Å². The van der Waals surface area contributed by atoms with Crippen LogP contribution in [0.2, 0.25) is 0 Å². The van der Waals surface area contributed by atoms with Crippen molar-refractivity contribution in [3.63, 3.8) is 0 Å². The van der Waals surface area contributed by atoms with Crippen molar-refractivity contribution in [2.45, 2.75) is 39.5 Å². The first-order valence-corrected chi connectivity index (χ1v) is 6.35. The average molecular weight is 303 g/mol. The van der Waals surface area contributed by atoms with E-state index in [4.69, 9.17) is 4.74 Å². The van der Waals surface area contributed by atoms with Gasteiger partial charge >= 0.3 is 6.09 Å². The number of carbonyl (C=O) groups excluding carboxylic acids is 1. The van der Waals surface area contributed by atoms with Crippen molar-refractivity contribution in [2.75, 3.05) is 12.4 Å². The third-order valence-corrected chi connectivity index (χ3v) is 2.97. The first-order chi connectivity index (χ1) is 6.72. The van der Waals surface area contributed by atoms with Crippen molar-refractivity contribution >= 4 is 30.9 Å². The van der Waals surface area contributed by atoms with E-state index in [1.54, 1.807) is 0 Å². The molecule has 0 radical (unpaired) electrons. The fraction of sp³-hybridized carbons (Fsp3) is 0.889. The summed E-state index contributed by atoms with van der Waals surface area (Å²) < 4.78 is 6.23. The molecule has 0 fully saturated rings. The molecule has 0 spiro atoms. The molecule has 0 heterocycles. The van der Waals surface area contributed by atoms with Gasteiger partial charge in [0.15, 0.2) is 0 Å². The molecule has 0 aromatic carbocycles. The van der Waals surface area contributed by atoms with Gasteiger partial charge in [0.25, 0.3) is 0 Å². The largest absolute Gasteiger partial charge is 0.448 e. The summed E-state index contributed by atoms with van der Waals surface area (Å²) in [7, 11) is 0. The molecule has 15 heavy (non-hydrogen) atoms. The number of hydrogen-bond donors (Lipinski definition) is 1. The van der Waals surface area contributed by atoms with Crippen LogP contribution in [-0.4, -0.2) is 22.2 Å². The number of amides is 1. The van der Waals surface area contributed by atoms with Crippen molar-refractivity contribution in [1.29, 1.82) is 0 Å². The molecule has 0 saturated heterocycles. The Kier molecular flexibility index (Phi) is 15.2. The maximum Gasteiger partial charge on any atom is 0.430 e. The summed E-state index contributed by atoms with van der Waals surface area (Å²) in [6, 6.07) is 0. The molecule has 1 amide bonds. The summed E-state index contributed by atoms with van der Waals surface area (Å²) in [5.74, 6) is 0.906. The van der Waals surface area contributed by atoms with E-state index in [1.807, 2.05) is 0 Å². The zero-order valence-electron chi connectivity index (χ0n) is 9.57. The van der Waals surface area contributed by atoms with Crippen LogP contribution in [0.25, 0.3) is 0 Å². The second-order valence-corrected chi connectivity index (χ2v) is 4.63. The number of hydrogen-bond acceptors (Lipinski definition) is 4. The molecule has 6 heteroatoms. The fourth-order valence-corrected chi connectivity index (χ4v) is 1.76. The fourth-order valence-electron chi connectivity index (χ4n) is 0.707. The van der Waals surface area contributed by atoms with Crippen LogP contribution < -0.4 is 0 Å². The van der Waals surface area contributed by atoms with E-state index in [2.05, 4.69) is 26.7 Å². The number of carbonyl (C=O) groups is 1. The van der Waals surface area contributed by atoms with E-state index < -0.39 is 0 Å². The van der Waals surface area contributed by atoms with Crippen LogP contribution >= 0.6 is 24.8 Å². The average Bonchev–Trinajstić information content (AvgIpc) is 2.18. The van der Waals surface area contributed by atoms with Crippen LogP contribution in [0.3, 0.4) is 0 Å². The number of unbranched alkanes of at least 4 members (excludes halogenated alkanes) is 2. The number of ether oxygens (including phenoxy) is 1. The third kappa shape index (κ3) is 10.9. The maximum atomic E-state index is 11.2. The summed E-state index contributed by atoms with van der Waals surface area (Å²) in [4.78, 5) is 11.2. The SMILES string of the molecule is CCCCOC(=O)N(S)SCCCC.[Zn]. The third-order valence-electron chi connectivity index (χ3n) is 1.59. The van der Waals surface area contributed by atoms with Crippen LogP contribution in [0, 0.1) is 0 Å². The number of rotatable bonds is 7. The van der Waals surface area contributed by atoms with Crippen LogP contribution in [0.15, 0.2) is 0 Å². The predicted octanol–water partition coefficient (Wildman–Crippen LogP) is 3.52. The quantitative estimate of drug-likeness (QED) is 0.338. The van der Waals surface area contributed by atoms with Crippen molar-refractivity contribution in [1.82, 2.24) is 3.71 Å². The summed E-state index contributed by atoms with van der Waals surface area (Å²) in [6.07, 6.45) is 3.79. The molecular formula is C9H19NO2S2Zn. The van der Waals surface area contributed by atoms with Gasteiger partial charge in [-0.15, -0.1) is 0 Å². The molecule has 86 valence electrons. The minimum absolute atomic E-state index is 0. The van der Waals surface area contributed by atoms with E-state index in [-0.39, 0.29) is 25.6 Å². The van der Waals surface area contributed by atoms with Crippen molar-refractivity contribution in [2.24, 2.45) is 0 Å². The van der Waals surface area contributed by atoms with Gasteiger partial charge in [0, 0.05) is 25.2 Å². The smallest absolute Gasteiger partial charge is 0.430 e.